The Morgan fingerprint density at radius 2 is 1.76 bits per heavy atom. The Morgan fingerprint density at radius 3 is 2.24 bits per heavy atom. The van der Waals surface area contributed by atoms with Crippen LogP contribution in [-0.4, -0.2) is 62.8 Å². The minimum absolute atomic E-state index is 0.0192. The van der Waals surface area contributed by atoms with E-state index < -0.39 is 15.9 Å². The average Bonchev–Trinajstić information content (AvgIpc) is 2.50. The van der Waals surface area contributed by atoms with Gasteiger partial charge in [-0.25, -0.2) is 8.42 Å². The van der Waals surface area contributed by atoms with Crippen molar-refractivity contribution in [1.82, 2.24) is 10.2 Å². The second kappa shape index (κ2) is 8.49. The van der Waals surface area contributed by atoms with Crippen LogP contribution >= 0.6 is 0 Å². The van der Waals surface area contributed by atoms with Crippen molar-refractivity contribution in [2.45, 2.75) is 57.0 Å². The summed E-state index contributed by atoms with van der Waals surface area (Å²) in [5, 5.41) is 2.70. The zero-order valence-electron chi connectivity index (χ0n) is 15.2. The molecule has 3 N–H and O–H groups in total. The number of carbonyl (C=O) groups excluding carboxylic acids is 2. The molecule has 2 saturated carbocycles. The van der Waals surface area contributed by atoms with Crippen LogP contribution in [0.1, 0.15) is 44.9 Å². The van der Waals surface area contributed by atoms with E-state index in [-0.39, 0.29) is 35.9 Å². The molecule has 144 valence electrons. The molecule has 2 fully saturated rings. The quantitative estimate of drug-likeness (QED) is 0.667. The number of carbonyl (C=O) groups is 2. The van der Waals surface area contributed by atoms with E-state index >= 15 is 0 Å². The highest BCUT2D eigenvalue weighted by Gasteiger charge is 2.35. The minimum Gasteiger partial charge on any atom is -0.355 e. The number of hydrogen-bond donors (Lipinski definition) is 2. The number of sulfone groups is 1. The van der Waals surface area contributed by atoms with Crippen molar-refractivity contribution in [3.05, 3.63) is 0 Å². The normalized spacial score (nSPS) is 25.7. The third-order valence-electron chi connectivity index (χ3n) is 5.68. The van der Waals surface area contributed by atoms with E-state index in [4.69, 9.17) is 5.73 Å². The highest BCUT2D eigenvalue weighted by Crippen LogP contribution is 2.32. The maximum atomic E-state index is 12.5. The van der Waals surface area contributed by atoms with Crippen molar-refractivity contribution in [3.8, 4) is 0 Å². The van der Waals surface area contributed by atoms with Crippen molar-refractivity contribution in [1.29, 1.82) is 0 Å². The number of rotatable bonds is 7. The van der Waals surface area contributed by atoms with Gasteiger partial charge in [0, 0.05) is 31.8 Å². The van der Waals surface area contributed by atoms with Crippen LogP contribution in [-0.2, 0) is 19.4 Å². The summed E-state index contributed by atoms with van der Waals surface area (Å²) in [4.78, 5) is 26.4. The van der Waals surface area contributed by atoms with Crippen LogP contribution in [0.5, 0.6) is 0 Å². The van der Waals surface area contributed by atoms with Gasteiger partial charge in [-0.05, 0) is 50.9 Å². The molecule has 2 amide bonds. The van der Waals surface area contributed by atoms with Crippen LogP contribution in [0.15, 0.2) is 0 Å². The lowest BCUT2D eigenvalue weighted by Gasteiger charge is -2.38. The third-order valence-corrected chi connectivity index (χ3v) is 6.62. The topological polar surface area (TPSA) is 110 Å². The highest BCUT2D eigenvalue weighted by molar-refractivity contribution is 7.90. The summed E-state index contributed by atoms with van der Waals surface area (Å²) in [6.07, 6.45) is 7.38. The van der Waals surface area contributed by atoms with Crippen LogP contribution < -0.4 is 11.1 Å². The average molecular weight is 374 g/mol. The van der Waals surface area contributed by atoms with Gasteiger partial charge in [0.1, 0.15) is 9.84 Å². The summed E-state index contributed by atoms with van der Waals surface area (Å²) in [6.45, 7) is 0.155. The number of likely N-dealkylation sites (N-methyl/N-ethyl adjacent to an activating group) is 1. The predicted octanol–water partition coefficient (Wildman–Crippen LogP) is 0.292. The second-order valence-corrected chi connectivity index (χ2v) is 9.85. The first kappa shape index (κ1) is 20.2. The molecule has 0 radical (unpaired) electrons. The molecule has 8 heteroatoms. The van der Waals surface area contributed by atoms with Gasteiger partial charge in [0.2, 0.25) is 11.8 Å². The van der Waals surface area contributed by atoms with Crippen molar-refractivity contribution in [2.24, 2.45) is 17.6 Å². The monoisotopic (exact) mass is 373 g/mol. The lowest BCUT2D eigenvalue weighted by molar-refractivity contribution is -0.136. The van der Waals surface area contributed by atoms with E-state index in [0.29, 0.717) is 18.9 Å². The molecule has 2 aliphatic carbocycles. The van der Waals surface area contributed by atoms with E-state index in [1.54, 1.807) is 4.90 Å². The van der Waals surface area contributed by atoms with Gasteiger partial charge in [-0.3, -0.25) is 9.59 Å². The number of nitrogens with two attached hydrogens (primary N) is 1. The Kier molecular flexibility index (Phi) is 6.85. The Morgan fingerprint density at radius 1 is 1.16 bits per heavy atom. The molecule has 0 spiro atoms. The lowest BCUT2D eigenvalue weighted by Crippen LogP contribution is -2.52. The predicted molar refractivity (Wildman–Crippen MR) is 96.6 cm³/mol. The van der Waals surface area contributed by atoms with E-state index in [1.165, 1.54) is 6.42 Å². The third kappa shape index (κ3) is 5.67. The first-order valence-electron chi connectivity index (χ1n) is 9.16. The van der Waals surface area contributed by atoms with Gasteiger partial charge in [0.15, 0.2) is 0 Å². The van der Waals surface area contributed by atoms with Crippen molar-refractivity contribution >= 4 is 21.7 Å². The standard InChI is InChI=1S/C17H31N3O4S/c1-20(14-4-3-5-14)17(22)15(18)12-6-8-13(9-7-12)16(21)19-10-11-25(2,23)24/h12-15H,3-11,18H2,1-2H3,(H,19,21)/t12?,13?,15-/m0/s1. The number of nitrogens with one attached hydrogen (secondary N) is 1. The first-order valence-corrected chi connectivity index (χ1v) is 11.2. The van der Waals surface area contributed by atoms with Crippen molar-refractivity contribution in [2.75, 3.05) is 25.6 Å². The molecule has 2 rings (SSSR count). The highest BCUT2D eigenvalue weighted by atomic mass is 32.2. The smallest absolute Gasteiger partial charge is 0.239 e. The first-order chi connectivity index (χ1) is 11.7. The minimum atomic E-state index is -3.07. The molecule has 1 atom stereocenters. The summed E-state index contributed by atoms with van der Waals surface area (Å²) in [7, 11) is -1.23. The Hall–Kier alpha value is -1.15. The fourth-order valence-corrected chi connectivity index (χ4v) is 4.11. The summed E-state index contributed by atoms with van der Waals surface area (Å²) < 4.78 is 22.2. The van der Waals surface area contributed by atoms with Gasteiger partial charge in [0.25, 0.3) is 0 Å². The van der Waals surface area contributed by atoms with Gasteiger partial charge >= 0.3 is 0 Å². The molecule has 7 nitrogen and oxygen atoms in total. The molecule has 0 heterocycles. The van der Waals surface area contributed by atoms with Gasteiger partial charge < -0.3 is 16.0 Å². The van der Waals surface area contributed by atoms with E-state index in [2.05, 4.69) is 5.32 Å². The molecular formula is C17H31N3O4S. The van der Waals surface area contributed by atoms with Crippen LogP contribution in [0.4, 0.5) is 0 Å². The summed E-state index contributed by atoms with van der Waals surface area (Å²) in [5.74, 6) is -0.0991. The maximum absolute atomic E-state index is 12.5. The zero-order valence-corrected chi connectivity index (χ0v) is 16.1. The SMILES string of the molecule is CN(C(=O)[C@@H](N)C1CCC(C(=O)NCCS(C)(=O)=O)CC1)C1CCC1. The number of amides is 2. The van der Waals surface area contributed by atoms with E-state index in [1.807, 2.05) is 7.05 Å². The van der Waals surface area contributed by atoms with E-state index in [9.17, 15) is 18.0 Å². The number of nitrogens with zero attached hydrogens (tertiary/aromatic N) is 1. The Bertz CT molecular complexity index is 581. The second-order valence-electron chi connectivity index (χ2n) is 7.59. The molecule has 2 aliphatic rings. The fraction of sp³-hybridized carbons (Fsp3) is 0.882. The van der Waals surface area contributed by atoms with Gasteiger partial charge in [0.05, 0.1) is 11.8 Å². The van der Waals surface area contributed by atoms with Crippen molar-refractivity contribution in [3.63, 3.8) is 0 Å². The Balaban J connectivity index is 1.74. The maximum Gasteiger partial charge on any atom is 0.239 e. The number of hydrogen-bond acceptors (Lipinski definition) is 5. The van der Waals surface area contributed by atoms with Crippen molar-refractivity contribution < 1.29 is 18.0 Å². The molecule has 0 bridgehead atoms. The molecule has 0 saturated heterocycles. The van der Waals surface area contributed by atoms with Crippen LogP contribution in [0.3, 0.4) is 0 Å². The van der Waals surface area contributed by atoms with Crippen LogP contribution in [0.25, 0.3) is 0 Å². The van der Waals surface area contributed by atoms with Gasteiger partial charge in [-0.1, -0.05) is 0 Å². The van der Waals surface area contributed by atoms with Gasteiger partial charge in [-0.15, -0.1) is 0 Å². The summed E-state index contributed by atoms with van der Waals surface area (Å²) >= 11 is 0. The molecule has 0 aromatic heterocycles. The van der Waals surface area contributed by atoms with Gasteiger partial charge in [-0.2, -0.15) is 0 Å². The Labute approximate surface area is 150 Å². The summed E-state index contributed by atoms with van der Waals surface area (Å²) in [6, 6.07) is -0.143. The molecule has 0 aromatic carbocycles. The molecule has 25 heavy (non-hydrogen) atoms. The molecule has 0 unspecified atom stereocenters. The van der Waals surface area contributed by atoms with Crippen LogP contribution in [0, 0.1) is 11.8 Å². The fourth-order valence-electron chi connectivity index (χ4n) is 3.64. The zero-order chi connectivity index (χ0) is 18.6. The molecule has 0 aromatic rings. The van der Waals surface area contributed by atoms with E-state index in [0.717, 1.165) is 31.9 Å². The lowest BCUT2D eigenvalue weighted by atomic mass is 9.77. The largest absolute Gasteiger partial charge is 0.355 e. The summed E-state index contributed by atoms with van der Waals surface area (Å²) in [5.41, 5.74) is 6.20. The molecular weight excluding hydrogens is 342 g/mol. The van der Waals surface area contributed by atoms with Crippen LogP contribution in [0.2, 0.25) is 0 Å². The molecule has 0 aliphatic heterocycles.